The molecule has 0 amide bonds. The third kappa shape index (κ3) is 1.96. The second-order valence-electron chi connectivity index (χ2n) is 2.70. The Morgan fingerprint density at radius 1 is 1.29 bits per heavy atom. The molecule has 2 nitrogen and oxygen atoms in total. The van der Waals surface area contributed by atoms with Crippen molar-refractivity contribution in [3.8, 4) is 16.3 Å². The molecule has 0 aliphatic heterocycles. The van der Waals surface area contributed by atoms with Gasteiger partial charge in [0.2, 0.25) is 0 Å². The highest BCUT2D eigenvalue weighted by Crippen LogP contribution is 2.29. The van der Waals surface area contributed by atoms with Gasteiger partial charge in [0.1, 0.15) is 10.8 Å². The third-order valence-electron chi connectivity index (χ3n) is 1.81. The van der Waals surface area contributed by atoms with Crippen LogP contribution in [0.3, 0.4) is 0 Å². The van der Waals surface area contributed by atoms with Gasteiger partial charge in [-0.15, -0.1) is 11.3 Å². The molecular weight excluding hydrogens is 262 g/mol. The van der Waals surface area contributed by atoms with Crippen molar-refractivity contribution < 1.29 is 4.74 Å². The van der Waals surface area contributed by atoms with Gasteiger partial charge in [-0.1, -0.05) is 0 Å². The Kier molecular flexibility index (Phi) is 2.84. The second-order valence-corrected chi connectivity index (χ2v) is 5.11. The van der Waals surface area contributed by atoms with E-state index < -0.39 is 0 Å². The lowest BCUT2D eigenvalue weighted by Gasteiger charge is -1.99. The van der Waals surface area contributed by atoms with Crippen LogP contribution in [0.1, 0.15) is 0 Å². The van der Waals surface area contributed by atoms with Crippen molar-refractivity contribution in [2.75, 3.05) is 7.11 Å². The summed E-state index contributed by atoms with van der Waals surface area (Å²) in [6.07, 6.45) is 1.81. The highest BCUT2D eigenvalue weighted by atomic mass is 79.9. The highest BCUT2D eigenvalue weighted by molar-refractivity contribution is 9.11. The summed E-state index contributed by atoms with van der Waals surface area (Å²) in [7, 11) is 1.66. The van der Waals surface area contributed by atoms with E-state index in [1.165, 1.54) is 0 Å². The fourth-order valence-electron chi connectivity index (χ4n) is 1.12. The van der Waals surface area contributed by atoms with E-state index in [1.807, 2.05) is 30.5 Å². The number of halogens is 1. The molecule has 14 heavy (non-hydrogen) atoms. The molecule has 0 saturated carbocycles. The predicted molar refractivity (Wildman–Crippen MR) is 61.8 cm³/mol. The number of nitrogens with zero attached hydrogens (tertiary/aromatic N) is 1. The van der Waals surface area contributed by atoms with Crippen LogP contribution >= 0.6 is 27.3 Å². The first-order valence-corrected chi connectivity index (χ1v) is 5.66. The Hall–Kier alpha value is -0.870. The summed E-state index contributed by atoms with van der Waals surface area (Å²) in [4.78, 5) is 4.27. The molecule has 1 aromatic carbocycles. The van der Waals surface area contributed by atoms with Crippen molar-refractivity contribution in [2.45, 2.75) is 0 Å². The van der Waals surface area contributed by atoms with Gasteiger partial charge >= 0.3 is 0 Å². The van der Waals surface area contributed by atoms with Gasteiger partial charge in [-0.2, -0.15) is 0 Å². The molecule has 1 heterocycles. The average Bonchev–Trinajstić information content (AvgIpc) is 2.65. The van der Waals surface area contributed by atoms with Crippen LogP contribution in [0.15, 0.2) is 34.2 Å². The molecule has 0 radical (unpaired) electrons. The fourth-order valence-corrected chi connectivity index (χ4v) is 2.33. The van der Waals surface area contributed by atoms with Crippen LogP contribution in [0.5, 0.6) is 5.75 Å². The van der Waals surface area contributed by atoms with Crippen molar-refractivity contribution >= 4 is 27.3 Å². The zero-order chi connectivity index (χ0) is 9.97. The number of hydrogen-bond acceptors (Lipinski definition) is 3. The highest BCUT2D eigenvalue weighted by Gasteiger charge is 2.02. The van der Waals surface area contributed by atoms with Crippen molar-refractivity contribution in [1.29, 1.82) is 0 Å². The van der Waals surface area contributed by atoms with Crippen LogP contribution in [-0.2, 0) is 0 Å². The van der Waals surface area contributed by atoms with E-state index in [1.54, 1.807) is 18.4 Å². The first-order valence-electron chi connectivity index (χ1n) is 4.05. The molecule has 4 heteroatoms. The SMILES string of the molecule is COc1ccc(-c2ncc(Br)s2)cc1. The maximum atomic E-state index is 5.08. The lowest BCUT2D eigenvalue weighted by molar-refractivity contribution is 0.415. The molecule has 0 spiro atoms. The number of aromatic nitrogens is 1. The molecule has 2 aromatic rings. The van der Waals surface area contributed by atoms with Gasteiger partial charge in [-0.3, -0.25) is 0 Å². The zero-order valence-electron chi connectivity index (χ0n) is 7.53. The molecule has 0 N–H and O–H groups in total. The first-order chi connectivity index (χ1) is 6.79. The summed E-state index contributed by atoms with van der Waals surface area (Å²) in [5.41, 5.74) is 1.11. The minimum atomic E-state index is 0.865. The largest absolute Gasteiger partial charge is 0.497 e. The summed E-state index contributed by atoms with van der Waals surface area (Å²) in [5.74, 6) is 0.865. The topological polar surface area (TPSA) is 22.1 Å². The van der Waals surface area contributed by atoms with Crippen molar-refractivity contribution in [3.05, 3.63) is 34.2 Å². The van der Waals surface area contributed by atoms with Crippen LogP contribution in [0.2, 0.25) is 0 Å². The molecule has 0 saturated heterocycles. The molecule has 72 valence electrons. The Balaban J connectivity index is 2.33. The number of thiazole rings is 1. The fraction of sp³-hybridized carbons (Fsp3) is 0.100. The smallest absolute Gasteiger partial charge is 0.124 e. The van der Waals surface area contributed by atoms with E-state index in [-0.39, 0.29) is 0 Å². The van der Waals surface area contributed by atoms with Crippen molar-refractivity contribution in [3.63, 3.8) is 0 Å². The maximum Gasteiger partial charge on any atom is 0.124 e. The van der Waals surface area contributed by atoms with E-state index in [0.717, 1.165) is 20.1 Å². The lowest BCUT2D eigenvalue weighted by atomic mass is 10.2. The van der Waals surface area contributed by atoms with Gasteiger partial charge in [0.15, 0.2) is 0 Å². The average molecular weight is 270 g/mol. The normalized spacial score (nSPS) is 10.1. The number of rotatable bonds is 2. The number of ether oxygens (including phenoxy) is 1. The molecule has 2 rings (SSSR count). The standard InChI is InChI=1S/C10H8BrNOS/c1-13-8-4-2-7(3-5-8)10-12-6-9(11)14-10/h2-6H,1H3. The third-order valence-corrected chi connectivity index (χ3v) is 3.34. The summed E-state index contributed by atoms with van der Waals surface area (Å²) in [5, 5.41) is 1.01. The van der Waals surface area contributed by atoms with Gasteiger partial charge in [0, 0.05) is 5.56 Å². The van der Waals surface area contributed by atoms with E-state index in [2.05, 4.69) is 20.9 Å². The van der Waals surface area contributed by atoms with Gasteiger partial charge in [0.05, 0.1) is 17.1 Å². The maximum absolute atomic E-state index is 5.08. The first kappa shape index (κ1) is 9.68. The summed E-state index contributed by atoms with van der Waals surface area (Å²) in [6, 6.07) is 7.88. The molecular formula is C10H8BrNOS. The molecule has 1 aromatic heterocycles. The van der Waals surface area contributed by atoms with Crippen LogP contribution in [-0.4, -0.2) is 12.1 Å². The molecule has 0 fully saturated rings. The minimum absolute atomic E-state index is 0.865. The Morgan fingerprint density at radius 3 is 2.50 bits per heavy atom. The van der Waals surface area contributed by atoms with Gasteiger partial charge in [0.25, 0.3) is 0 Å². The minimum Gasteiger partial charge on any atom is -0.497 e. The van der Waals surface area contributed by atoms with E-state index in [9.17, 15) is 0 Å². The van der Waals surface area contributed by atoms with E-state index in [0.29, 0.717) is 0 Å². The summed E-state index contributed by atoms with van der Waals surface area (Å²) >= 11 is 5.01. The van der Waals surface area contributed by atoms with Crippen molar-refractivity contribution in [2.24, 2.45) is 0 Å². The van der Waals surface area contributed by atoms with Crippen LogP contribution in [0.25, 0.3) is 10.6 Å². The van der Waals surface area contributed by atoms with Crippen LogP contribution in [0, 0.1) is 0 Å². The van der Waals surface area contributed by atoms with E-state index in [4.69, 9.17) is 4.74 Å². The number of methoxy groups -OCH3 is 1. The molecule has 0 unspecified atom stereocenters. The Morgan fingerprint density at radius 2 is 2.00 bits per heavy atom. The lowest BCUT2D eigenvalue weighted by Crippen LogP contribution is -1.81. The Bertz CT molecular complexity index is 424. The second kappa shape index (κ2) is 4.11. The number of hydrogen-bond donors (Lipinski definition) is 0. The molecule has 0 aliphatic rings. The van der Waals surface area contributed by atoms with Gasteiger partial charge < -0.3 is 4.74 Å². The zero-order valence-corrected chi connectivity index (χ0v) is 9.93. The predicted octanol–water partition coefficient (Wildman–Crippen LogP) is 3.58. The van der Waals surface area contributed by atoms with Gasteiger partial charge in [-0.25, -0.2) is 4.98 Å². The number of benzene rings is 1. The molecule has 0 bridgehead atoms. The van der Waals surface area contributed by atoms with E-state index >= 15 is 0 Å². The Labute approximate surface area is 94.7 Å². The van der Waals surface area contributed by atoms with Crippen molar-refractivity contribution in [1.82, 2.24) is 4.98 Å². The van der Waals surface area contributed by atoms with Crippen LogP contribution < -0.4 is 4.74 Å². The van der Waals surface area contributed by atoms with Crippen LogP contribution in [0.4, 0.5) is 0 Å². The quantitative estimate of drug-likeness (QED) is 0.832. The monoisotopic (exact) mass is 269 g/mol. The molecule has 0 atom stereocenters. The summed E-state index contributed by atoms with van der Waals surface area (Å²) < 4.78 is 6.13. The summed E-state index contributed by atoms with van der Waals surface area (Å²) in [6.45, 7) is 0. The van der Waals surface area contributed by atoms with Gasteiger partial charge in [-0.05, 0) is 40.2 Å². The molecule has 0 aliphatic carbocycles.